The summed E-state index contributed by atoms with van der Waals surface area (Å²) in [5.41, 5.74) is 5.07. The van der Waals surface area contributed by atoms with Crippen molar-refractivity contribution in [1.82, 2.24) is 24.6 Å². The highest BCUT2D eigenvalue weighted by atomic mass is 16.3. The summed E-state index contributed by atoms with van der Waals surface area (Å²) in [5.74, 6) is 1.69. The van der Waals surface area contributed by atoms with E-state index in [1.54, 1.807) is 6.26 Å². The molecule has 0 aliphatic carbocycles. The third kappa shape index (κ3) is 3.79. The zero-order chi connectivity index (χ0) is 24.5. The van der Waals surface area contributed by atoms with E-state index in [0.29, 0.717) is 18.8 Å². The van der Waals surface area contributed by atoms with Crippen LogP contribution in [0.3, 0.4) is 0 Å². The third-order valence-corrected chi connectivity index (χ3v) is 6.67. The van der Waals surface area contributed by atoms with Gasteiger partial charge in [0, 0.05) is 11.8 Å². The van der Waals surface area contributed by atoms with Crippen molar-refractivity contribution in [3.63, 3.8) is 0 Å². The average Bonchev–Trinajstić information content (AvgIpc) is 3.67. The van der Waals surface area contributed by atoms with E-state index in [2.05, 4.69) is 53.3 Å². The van der Waals surface area contributed by atoms with Gasteiger partial charge in [0.1, 0.15) is 11.6 Å². The number of nitrogens with zero attached hydrogens (tertiary/aromatic N) is 4. The molecule has 2 aromatic carbocycles. The number of carbonyl (C=O) groups excluding carboxylic acids is 1. The van der Waals surface area contributed by atoms with Crippen molar-refractivity contribution < 1.29 is 9.21 Å². The second-order valence-corrected chi connectivity index (χ2v) is 8.83. The van der Waals surface area contributed by atoms with Crippen molar-refractivity contribution >= 4 is 6.03 Å². The van der Waals surface area contributed by atoms with Crippen molar-refractivity contribution in [3.8, 4) is 11.5 Å². The lowest BCUT2D eigenvalue weighted by molar-refractivity contribution is 0.179. The normalized spacial score (nSPS) is 14.7. The standard InChI is InChI=1S/C29H27N5O2/c1-2-25-24-20-33(29(35)30-19-23-15-10-18-36-23)27(21-11-5-3-6-12-21)26-16-9-17-32(26)28(24)34(31-25)22-13-7-4-8-14-22/h3-18,27H,2,19-20H2,1H3,(H,30,35). The number of benzene rings is 2. The number of hydrogen-bond acceptors (Lipinski definition) is 3. The first kappa shape index (κ1) is 22.0. The molecule has 4 heterocycles. The monoisotopic (exact) mass is 477 g/mol. The molecule has 36 heavy (non-hydrogen) atoms. The van der Waals surface area contributed by atoms with Crippen LogP contribution in [0, 0.1) is 0 Å². The molecule has 1 atom stereocenters. The fraction of sp³-hybridized carbons (Fsp3) is 0.172. The minimum atomic E-state index is -0.279. The van der Waals surface area contributed by atoms with Crippen LogP contribution in [0.4, 0.5) is 4.79 Å². The quantitative estimate of drug-likeness (QED) is 0.357. The van der Waals surface area contributed by atoms with E-state index in [1.165, 1.54) is 0 Å². The lowest BCUT2D eigenvalue weighted by Crippen LogP contribution is -2.41. The van der Waals surface area contributed by atoms with Crippen molar-refractivity contribution in [2.75, 3.05) is 0 Å². The lowest BCUT2D eigenvalue weighted by atomic mass is 10.0. The molecule has 0 spiro atoms. The van der Waals surface area contributed by atoms with Crippen LogP contribution in [0.25, 0.3) is 11.5 Å². The number of carbonyl (C=O) groups is 1. The Morgan fingerprint density at radius 1 is 1.00 bits per heavy atom. The lowest BCUT2D eigenvalue weighted by Gasteiger charge is -2.31. The van der Waals surface area contributed by atoms with Crippen molar-refractivity contribution in [2.24, 2.45) is 0 Å². The van der Waals surface area contributed by atoms with E-state index in [4.69, 9.17) is 9.52 Å². The summed E-state index contributed by atoms with van der Waals surface area (Å²) < 4.78 is 9.64. The van der Waals surface area contributed by atoms with E-state index in [9.17, 15) is 4.79 Å². The second-order valence-electron chi connectivity index (χ2n) is 8.83. The van der Waals surface area contributed by atoms with Gasteiger partial charge in [-0.25, -0.2) is 9.48 Å². The summed E-state index contributed by atoms with van der Waals surface area (Å²) in [7, 11) is 0. The topological polar surface area (TPSA) is 68.2 Å². The molecule has 1 aliphatic rings. The molecular weight excluding hydrogens is 450 g/mol. The van der Waals surface area contributed by atoms with Gasteiger partial charge in [-0.05, 0) is 48.4 Å². The molecule has 2 amide bonds. The summed E-state index contributed by atoms with van der Waals surface area (Å²) in [6, 6.07) is 27.7. The van der Waals surface area contributed by atoms with Crippen LogP contribution in [-0.4, -0.2) is 25.3 Å². The second kappa shape index (κ2) is 9.26. The molecule has 1 unspecified atom stereocenters. The summed E-state index contributed by atoms with van der Waals surface area (Å²) in [6.45, 7) is 2.85. The first-order valence-electron chi connectivity index (χ1n) is 12.2. The first-order valence-corrected chi connectivity index (χ1v) is 12.2. The minimum Gasteiger partial charge on any atom is -0.467 e. The fourth-order valence-electron chi connectivity index (χ4n) is 5.01. The molecule has 6 rings (SSSR count). The van der Waals surface area contributed by atoms with Gasteiger partial charge >= 0.3 is 6.03 Å². The van der Waals surface area contributed by atoms with Gasteiger partial charge in [0.2, 0.25) is 0 Å². The SMILES string of the molecule is CCc1nn(-c2ccccc2)c2c1CN(C(=O)NCc1ccco1)C(c1ccccc1)c1cccn1-2. The van der Waals surface area contributed by atoms with Crippen LogP contribution in [0.5, 0.6) is 0 Å². The number of aryl methyl sites for hydroxylation is 1. The Kier molecular flexibility index (Phi) is 5.65. The highest BCUT2D eigenvalue weighted by Crippen LogP contribution is 2.38. The molecule has 0 saturated heterocycles. The van der Waals surface area contributed by atoms with Crippen molar-refractivity contribution in [1.29, 1.82) is 0 Å². The Morgan fingerprint density at radius 3 is 2.50 bits per heavy atom. The van der Waals surface area contributed by atoms with Gasteiger partial charge in [-0.15, -0.1) is 0 Å². The summed E-state index contributed by atoms with van der Waals surface area (Å²) in [6.07, 6.45) is 4.44. The Labute approximate surface area is 209 Å². The highest BCUT2D eigenvalue weighted by molar-refractivity contribution is 5.76. The van der Waals surface area contributed by atoms with Crippen LogP contribution in [-0.2, 0) is 19.5 Å². The number of furan rings is 1. The number of para-hydroxylation sites is 1. The van der Waals surface area contributed by atoms with Crippen LogP contribution >= 0.6 is 0 Å². The molecule has 1 aliphatic heterocycles. The maximum Gasteiger partial charge on any atom is 0.318 e. The van der Waals surface area contributed by atoms with E-state index in [1.807, 2.05) is 64.2 Å². The first-order chi connectivity index (χ1) is 17.7. The van der Waals surface area contributed by atoms with Gasteiger partial charge in [-0.1, -0.05) is 55.5 Å². The largest absolute Gasteiger partial charge is 0.467 e. The third-order valence-electron chi connectivity index (χ3n) is 6.67. The molecule has 7 nitrogen and oxygen atoms in total. The molecule has 0 fully saturated rings. The number of fused-ring (bicyclic) bond motifs is 3. The Morgan fingerprint density at radius 2 is 1.78 bits per heavy atom. The molecule has 7 heteroatoms. The van der Waals surface area contributed by atoms with Gasteiger partial charge in [0.15, 0.2) is 0 Å². The van der Waals surface area contributed by atoms with Gasteiger partial charge < -0.3 is 19.2 Å². The zero-order valence-corrected chi connectivity index (χ0v) is 20.0. The number of aromatic nitrogens is 3. The number of hydrogen-bond donors (Lipinski definition) is 1. The molecule has 180 valence electrons. The molecular formula is C29H27N5O2. The van der Waals surface area contributed by atoms with Gasteiger partial charge in [0.25, 0.3) is 0 Å². The van der Waals surface area contributed by atoms with Crippen LogP contribution < -0.4 is 5.32 Å². The maximum atomic E-state index is 13.8. The Bertz CT molecular complexity index is 1470. The highest BCUT2D eigenvalue weighted by Gasteiger charge is 2.36. The van der Waals surface area contributed by atoms with E-state index < -0.39 is 0 Å². The average molecular weight is 478 g/mol. The van der Waals surface area contributed by atoms with Gasteiger partial charge in [0.05, 0.1) is 42.5 Å². The van der Waals surface area contributed by atoms with E-state index in [-0.39, 0.29) is 12.1 Å². The van der Waals surface area contributed by atoms with E-state index >= 15 is 0 Å². The van der Waals surface area contributed by atoms with Gasteiger partial charge in [-0.2, -0.15) is 5.10 Å². The number of rotatable bonds is 5. The molecule has 1 N–H and O–H groups in total. The van der Waals surface area contributed by atoms with Crippen molar-refractivity contribution in [2.45, 2.75) is 32.5 Å². The predicted octanol–water partition coefficient (Wildman–Crippen LogP) is 5.63. The van der Waals surface area contributed by atoms with Gasteiger partial charge in [-0.3, -0.25) is 0 Å². The molecule has 0 bridgehead atoms. The molecule has 0 radical (unpaired) electrons. The van der Waals surface area contributed by atoms with Crippen molar-refractivity contribution in [3.05, 3.63) is 126 Å². The number of nitrogens with one attached hydrogen (secondary N) is 1. The molecule has 5 aromatic rings. The smallest absolute Gasteiger partial charge is 0.318 e. The fourth-order valence-corrected chi connectivity index (χ4v) is 5.01. The molecule has 3 aromatic heterocycles. The molecule has 0 saturated carbocycles. The van der Waals surface area contributed by atoms with Crippen LogP contribution in [0.15, 0.2) is 102 Å². The Hall–Kier alpha value is -4.52. The van der Waals surface area contributed by atoms with E-state index in [0.717, 1.165) is 40.4 Å². The minimum absolute atomic E-state index is 0.157. The number of urea groups is 1. The summed E-state index contributed by atoms with van der Waals surface area (Å²) >= 11 is 0. The predicted molar refractivity (Wildman–Crippen MR) is 137 cm³/mol. The number of amides is 2. The van der Waals surface area contributed by atoms with Crippen LogP contribution in [0.1, 0.15) is 41.2 Å². The van der Waals surface area contributed by atoms with Crippen LogP contribution in [0.2, 0.25) is 0 Å². The summed E-state index contributed by atoms with van der Waals surface area (Å²) in [4.78, 5) is 15.7. The summed E-state index contributed by atoms with van der Waals surface area (Å²) in [5, 5.41) is 8.07. The zero-order valence-electron chi connectivity index (χ0n) is 20.0. The maximum absolute atomic E-state index is 13.8. The Balaban J connectivity index is 1.52.